The molecule has 1 saturated heterocycles. The number of hydrogen-bond acceptors (Lipinski definition) is 6. The van der Waals surface area contributed by atoms with Gasteiger partial charge in [-0.1, -0.05) is 36.0 Å². The first-order chi connectivity index (χ1) is 12.1. The average molecular weight is 355 g/mol. The monoisotopic (exact) mass is 355 g/mol. The highest BCUT2D eigenvalue weighted by Gasteiger charge is 2.15. The van der Waals surface area contributed by atoms with Crippen molar-refractivity contribution >= 4 is 11.8 Å². The topological polar surface area (TPSA) is 76.0 Å². The zero-order valence-electron chi connectivity index (χ0n) is 14.5. The third-order valence-corrected chi connectivity index (χ3v) is 5.01. The van der Waals surface area contributed by atoms with E-state index in [2.05, 4.69) is 38.9 Å². The largest absolute Gasteiger partial charge is 0.304 e. The second-order valence-corrected chi connectivity index (χ2v) is 6.98. The second-order valence-electron chi connectivity index (χ2n) is 6.19. The van der Waals surface area contributed by atoms with Gasteiger partial charge in [0.1, 0.15) is 11.6 Å². The van der Waals surface area contributed by atoms with E-state index in [1.54, 1.807) is 0 Å². The molecule has 1 N–H and O–H groups in total. The van der Waals surface area contributed by atoms with Gasteiger partial charge >= 0.3 is 0 Å². The van der Waals surface area contributed by atoms with E-state index in [1.807, 2.05) is 24.5 Å². The van der Waals surface area contributed by atoms with Crippen LogP contribution in [0, 0.1) is 11.3 Å². The predicted octanol–water partition coefficient (Wildman–Crippen LogP) is 1.78. The molecule has 7 heteroatoms. The molecule has 0 radical (unpaired) electrons. The summed E-state index contributed by atoms with van der Waals surface area (Å²) >= 11 is 1.35. The zero-order valence-corrected chi connectivity index (χ0v) is 15.3. The van der Waals surface area contributed by atoms with Crippen LogP contribution < -0.4 is 5.56 Å². The van der Waals surface area contributed by atoms with Crippen LogP contribution in [0.25, 0.3) is 11.3 Å². The molecule has 2 aromatic rings. The maximum absolute atomic E-state index is 12.0. The van der Waals surface area contributed by atoms with Gasteiger partial charge in [-0.2, -0.15) is 5.26 Å². The van der Waals surface area contributed by atoms with Gasteiger partial charge < -0.3 is 9.88 Å². The number of piperazine rings is 1. The number of nitrogens with one attached hydrogen (secondary N) is 1. The van der Waals surface area contributed by atoms with Gasteiger partial charge in [0.05, 0.1) is 5.69 Å². The highest BCUT2D eigenvalue weighted by atomic mass is 32.2. The van der Waals surface area contributed by atoms with E-state index < -0.39 is 5.56 Å². The van der Waals surface area contributed by atoms with Crippen molar-refractivity contribution in [3.8, 4) is 17.3 Å². The van der Waals surface area contributed by atoms with E-state index in [-0.39, 0.29) is 5.56 Å². The van der Waals surface area contributed by atoms with E-state index >= 15 is 0 Å². The molecule has 0 saturated carbocycles. The van der Waals surface area contributed by atoms with Gasteiger partial charge in [0.15, 0.2) is 5.16 Å². The molecule has 0 aliphatic carbocycles. The fourth-order valence-corrected chi connectivity index (χ4v) is 3.27. The molecule has 6 nitrogen and oxygen atoms in total. The van der Waals surface area contributed by atoms with Gasteiger partial charge in [0.2, 0.25) is 0 Å². The van der Waals surface area contributed by atoms with Crippen LogP contribution in [0.1, 0.15) is 11.1 Å². The van der Waals surface area contributed by atoms with Crippen LogP contribution in [-0.2, 0) is 6.54 Å². The number of benzene rings is 1. The number of likely N-dealkylation sites (N-methyl/N-ethyl adjacent to an activating group) is 1. The Morgan fingerprint density at radius 3 is 2.52 bits per heavy atom. The maximum atomic E-state index is 12.0. The van der Waals surface area contributed by atoms with Crippen LogP contribution in [0.4, 0.5) is 0 Å². The Bertz CT molecular complexity index is 832. The summed E-state index contributed by atoms with van der Waals surface area (Å²) in [5, 5.41) is 9.80. The van der Waals surface area contributed by atoms with Crippen molar-refractivity contribution in [1.29, 1.82) is 5.26 Å². The molecule has 2 heterocycles. The van der Waals surface area contributed by atoms with E-state index in [9.17, 15) is 10.1 Å². The standard InChI is InChI=1S/C18H21N5OS/c1-22-7-9-23(10-8-22)12-13-3-5-14(6-4-13)16-15(11-19)17(24)21-18(20-16)25-2/h3-6H,7-10,12H2,1-2H3,(H,20,21,24). The predicted molar refractivity (Wildman–Crippen MR) is 99.6 cm³/mol. The van der Waals surface area contributed by atoms with Gasteiger partial charge in [-0.15, -0.1) is 0 Å². The SMILES string of the molecule is CSc1nc(-c2ccc(CN3CCN(C)CC3)cc2)c(C#N)c(=O)[nH]1. The minimum Gasteiger partial charge on any atom is -0.304 e. The highest BCUT2D eigenvalue weighted by Crippen LogP contribution is 2.22. The summed E-state index contributed by atoms with van der Waals surface area (Å²) in [6.07, 6.45) is 1.84. The Morgan fingerprint density at radius 2 is 1.92 bits per heavy atom. The summed E-state index contributed by atoms with van der Waals surface area (Å²) in [6, 6.07) is 9.96. The van der Waals surface area contributed by atoms with Gasteiger partial charge in [-0.05, 0) is 18.9 Å². The van der Waals surface area contributed by atoms with Crippen LogP contribution in [0.5, 0.6) is 0 Å². The average Bonchev–Trinajstić information content (AvgIpc) is 2.63. The van der Waals surface area contributed by atoms with Crippen molar-refractivity contribution in [3.05, 3.63) is 45.7 Å². The lowest BCUT2D eigenvalue weighted by Crippen LogP contribution is -2.43. The fourth-order valence-electron chi connectivity index (χ4n) is 2.89. The summed E-state index contributed by atoms with van der Waals surface area (Å²) in [5.74, 6) is 0. The van der Waals surface area contributed by atoms with Crippen molar-refractivity contribution in [2.75, 3.05) is 39.5 Å². The molecule has 0 spiro atoms. The highest BCUT2D eigenvalue weighted by molar-refractivity contribution is 7.98. The summed E-state index contributed by atoms with van der Waals surface area (Å²) in [6.45, 7) is 5.25. The van der Waals surface area contributed by atoms with Crippen molar-refractivity contribution < 1.29 is 0 Å². The molecule has 0 atom stereocenters. The fraction of sp³-hybridized carbons (Fsp3) is 0.389. The van der Waals surface area contributed by atoms with Crippen LogP contribution in [0.3, 0.4) is 0 Å². The second kappa shape index (κ2) is 7.83. The first-order valence-corrected chi connectivity index (χ1v) is 9.42. The van der Waals surface area contributed by atoms with E-state index in [0.29, 0.717) is 10.9 Å². The smallest absolute Gasteiger partial charge is 0.270 e. The van der Waals surface area contributed by atoms with Crippen LogP contribution in [0.15, 0.2) is 34.2 Å². The lowest BCUT2D eigenvalue weighted by atomic mass is 10.1. The zero-order chi connectivity index (χ0) is 17.8. The number of thioether (sulfide) groups is 1. The molecule has 1 fully saturated rings. The van der Waals surface area contributed by atoms with Gasteiger partial charge in [0, 0.05) is 38.3 Å². The number of aromatic nitrogens is 2. The molecule has 25 heavy (non-hydrogen) atoms. The molecule has 1 aromatic heterocycles. The van der Waals surface area contributed by atoms with Gasteiger partial charge in [0.25, 0.3) is 5.56 Å². The summed E-state index contributed by atoms with van der Waals surface area (Å²) in [7, 11) is 2.15. The molecule has 130 valence electrons. The van der Waals surface area contributed by atoms with Crippen molar-refractivity contribution in [3.63, 3.8) is 0 Å². The van der Waals surface area contributed by atoms with Crippen molar-refractivity contribution in [1.82, 2.24) is 19.8 Å². The van der Waals surface area contributed by atoms with Crippen LogP contribution in [0.2, 0.25) is 0 Å². The molecule has 1 aliphatic heterocycles. The van der Waals surface area contributed by atoms with Gasteiger partial charge in [-0.3, -0.25) is 9.69 Å². The number of H-pyrrole nitrogens is 1. The minimum absolute atomic E-state index is 0.0598. The Morgan fingerprint density at radius 1 is 1.24 bits per heavy atom. The molecule has 0 unspecified atom stereocenters. The summed E-state index contributed by atoms with van der Waals surface area (Å²) in [5.41, 5.74) is 2.13. The normalized spacial score (nSPS) is 15.9. The molecule has 3 rings (SSSR count). The van der Waals surface area contributed by atoms with Crippen molar-refractivity contribution in [2.24, 2.45) is 0 Å². The molecule has 1 aromatic carbocycles. The summed E-state index contributed by atoms with van der Waals surface area (Å²) < 4.78 is 0. The number of hydrogen-bond donors (Lipinski definition) is 1. The first kappa shape index (κ1) is 17.7. The van der Waals surface area contributed by atoms with E-state index in [4.69, 9.17) is 0 Å². The third kappa shape index (κ3) is 4.10. The Labute approximate surface area is 151 Å². The summed E-state index contributed by atoms with van der Waals surface area (Å²) in [4.78, 5) is 23.8. The Kier molecular flexibility index (Phi) is 5.53. The number of aromatic amines is 1. The molecule has 0 amide bonds. The number of nitrogens with zero attached hydrogens (tertiary/aromatic N) is 4. The van der Waals surface area contributed by atoms with Crippen molar-refractivity contribution in [2.45, 2.75) is 11.7 Å². The third-order valence-electron chi connectivity index (χ3n) is 4.43. The number of rotatable bonds is 4. The maximum Gasteiger partial charge on any atom is 0.270 e. The van der Waals surface area contributed by atoms with E-state index in [1.165, 1.54) is 17.3 Å². The molecular formula is C18H21N5OS. The minimum atomic E-state index is -0.390. The molecule has 1 aliphatic rings. The number of nitriles is 1. The molecular weight excluding hydrogens is 334 g/mol. The first-order valence-electron chi connectivity index (χ1n) is 8.19. The Hall–Kier alpha value is -2.14. The van der Waals surface area contributed by atoms with Crippen LogP contribution in [-0.4, -0.2) is 59.3 Å². The quantitative estimate of drug-likeness (QED) is 0.665. The van der Waals surface area contributed by atoms with E-state index in [0.717, 1.165) is 38.3 Å². The van der Waals surface area contributed by atoms with Crippen LogP contribution >= 0.6 is 11.8 Å². The lowest BCUT2D eigenvalue weighted by Gasteiger charge is -2.32. The molecule has 0 bridgehead atoms. The lowest BCUT2D eigenvalue weighted by molar-refractivity contribution is 0.148. The Balaban J connectivity index is 1.82. The van der Waals surface area contributed by atoms with Gasteiger partial charge in [-0.25, -0.2) is 4.98 Å².